The van der Waals surface area contributed by atoms with Gasteiger partial charge in [-0.2, -0.15) is 0 Å². The molecule has 0 aromatic heterocycles. The van der Waals surface area contributed by atoms with Gasteiger partial charge in [-0.3, -0.25) is 0 Å². The van der Waals surface area contributed by atoms with E-state index in [1.54, 1.807) is 12.1 Å². The first kappa shape index (κ1) is 13.3. The van der Waals surface area contributed by atoms with Crippen LogP contribution in [0.4, 0.5) is 0 Å². The minimum atomic E-state index is 0.512. The van der Waals surface area contributed by atoms with Gasteiger partial charge in [0.15, 0.2) is 0 Å². The zero-order valence-corrected chi connectivity index (χ0v) is 11.6. The van der Waals surface area contributed by atoms with Crippen LogP contribution in [0.1, 0.15) is 18.1 Å². The highest BCUT2D eigenvalue weighted by Gasteiger charge is 2.03. The van der Waals surface area contributed by atoms with Gasteiger partial charge in [0.05, 0.1) is 10.0 Å². The van der Waals surface area contributed by atoms with Gasteiger partial charge >= 0.3 is 0 Å². The second-order valence-corrected chi connectivity index (χ2v) is 4.80. The second-order valence-electron chi connectivity index (χ2n) is 3.99. The van der Waals surface area contributed by atoms with Crippen molar-refractivity contribution in [2.24, 2.45) is 0 Å². The summed E-state index contributed by atoms with van der Waals surface area (Å²) in [6, 6.07) is 13.6. The average molecular weight is 281 g/mol. The molecular weight excluding hydrogens is 267 g/mol. The first-order valence-corrected chi connectivity index (χ1v) is 6.61. The number of hydrogen-bond donors (Lipinski definition) is 0. The Hall–Kier alpha value is -1.18. The van der Waals surface area contributed by atoms with Crippen LogP contribution in [0.25, 0.3) is 0 Å². The van der Waals surface area contributed by atoms with E-state index >= 15 is 0 Å². The number of rotatable bonds is 4. The summed E-state index contributed by atoms with van der Waals surface area (Å²) in [5, 5.41) is 1.05. The predicted octanol–water partition coefficient (Wildman–Crippen LogP) is 5.13. The molecule has 2 aromatic carbocycles. The Morgan fingerprint density at radius 2 is 1.67 bits per heavy atom. The molecule has 0 amide bonds. The first-order valence-electron chi connectivity index (χ1n) is 5.85. The third kappa shape index (κ3) is 3.18. The summed E-state index contributed by atoms with van der Waals surface area (Å²) < 4.78 is 5.73. The summed E-state index contributed by atoms with van der Waals surface area (Å²) in [6.45, 7) is 2.68. The molecule has 0 fully saturated rings. The molecule has 0 saturated heterocycles. The highest BCUT2D eigenvalue weighted by molar-refractivity contribution is 6.42. The van der Waals surface area contributed by atoms with E-state index < -0.39 is 0 Å². The molecule has 0 bridgehead atoms. The lowest BCUT2D eigenvalue weighted by Crippen LogP contribution is -1.99. The topological polar surface area (TPSA) is 9.23 Å². The fourth-order valence-corrected chi connectivity index (χ4v) is 2.06. The van der Waals surface area contributed by atoms with E-state index in [9.17, 15) is 0 Å². The summed E-state index contributed by atoms with van der Waals surface area (Å²) in [6.07, 6.45) is 1.00. The van der Waals surface area contributed by atoms with Crippen molar-refractivity contribution in [3.63, 3.8) is 0 Å². The normalized spacial score (nSPS) is 10.4. The van der Waals surface area contributed by atoms with Crippen molar-refractivity contribution < 1.29 is 4.74 Å². The smallest absolute Gasteiger partial charge is 0.121 e. The molecule has 0 heterocycles. The van der Waals surface area contributed by atoms with Gasteiger partial charge in [-0.05, 0) is 29.7 Å². The van der Waals surface area contributed by atoms with E-state index in [2.05, 4.69) is 19.1 Å². The summed E-state index contributed by atoms with van der Waals surface area (Å²) in [7, 11) is 0. The van der Waals surface area contributed by atoms with Crippen LogP contribution >= 0.6 is 23.2 Å². The third-order valence-electron chi connectivity index (χ3n) is 2.78. The zero-order chi connectivity index (χ0) is 13.0. The molecule has 0 saturated carbocycles. The van der Waals surface area contributed by atoms with Crippen LogP contribution in [-0.4, -0.2) is 0 Å². The monoisotopic (exact) mass is 280 g/mol. The minimum absolute atomic E-state index is 0.512. The molecule has 2 rings (SSSR count). The zero-order valence-electron chi connectivity index (χ0n) is 10.1. The first-order chi connectivity index (χ1) is 8.70. The lowest BCUT2D eigenvalue weighted by atomic mass is 10.1. The Balaban J connectivity index is 2.09. The molecule has 2 aromatic rings. The maximum absolute atomic E-state index is 5.94. The van der Waals surface area contributed by atoms with Crippen LogP contribution in [0, 0.1) is 0 Å². The van der Waals surface area contributed by atoms with E-state index in [1.807, 2.05) is 18.2 Å². The van der Waals surface area contributed by atoms with Crippen LogP contribution in [0.15, 0.2) is 42.5 Å². The Morgan fingerprint density at radius 1 is 0.944 bits per heavy atom. The molecular formula is C15H14Cl2O. The van der Waals surface area contributed by atoms with E-state index in [0.717, 1.165) is 12.2 Å². The van der Waals surface area contributed by atoms with Gasteiger partial charge in [0.2, 0.25) is 0 Å². The van der Waals surface area contributed by atoms with Crippen LogP contribution in [0.2, 0.25) is 10.0 Å². The van der Waals surface area contributed by atoms with Gasteiger partial charge < -0.3 is 4.74 Å². The molecule has 0 N–H and O–H groups in total. The predicted molar refractivity (Wildman–Crippen MR) is 76.6 cm³/mol. The fourth-order valence-electron chi connectivity index (χ4n) is 1.77. The summed E-state index contributed by atoms with van der Waals surface area (Å²) in [5.41, 5.74) is 2.50. The van der Waals surface area contributed by atoms with Crippen LogP contribution in [0.5, 0.6) is 5.75 Å². The molecule has 3 heteroatoms. The standard InChI is InChI=1S/C15H14Cl2O/c1-2-11-5-3-4-6-12(11)10-18-13-7-8-14(16)15(17)9-13/h3-9H,2,10H2,1H3. The number of halogens is 2. The molecule has 0 atom stereocenters. The third-order valence-corrected chi connectivity index (χ3v) is 3.52. The lowest BCUT2D eigenvalue weighted by molar-refractivity contribution is 0.305. The van der Waals surface area contributed by atoms with Crippen molar-refractivity contribution in [2.45, 2.75) is 20.0 Å². The molecule has 0 unspecified atom stereocenters. The minimum Gasteiger partial charge on any atom is -0.489 e. The van der Waals surface area contributed by atoms with Gasteiger partial charge in [0, 0.05) is 6.07 Å². The maximum Gasteiger partial charge on any atom is 0.121 e. The van der Waals surface area contributed by atoms with Crippen molar-refractivity contribution >= 4 is 23.2 Å². The maximum atomic E-state index is 5.94. The highest BCUT2D eigenvalue weighted by atomic mass is 35.5. The number of aryl methyl sites for hydroxylation is 1. The second kappa shape index (κ2) is 6.12. The van der Waals surface area contributed by atoms with Crippen LogP contribution < -0.4 is 4.74 Å². The Kier molecular flexibility index (Phi) is 4.51. The van der Waals surface area contributed by atoms with E-state index in [-0.39, 0.29) is 0 Å². The van der Waals surface area contributed by atoms with Crippen molar-refractivity contribution in [1.82, 2.24) is 0 Å². The molecule has 0 aliphatic carbocycles. The average Bonchev–Trinajstić information content (AvgIpc) is 2.40. The number of benzene rings is 2. The van der Waals surface area contributed by atoms with Gasteiger partial charge in [-0.1, -0.05) is 54.4 Å². The molecule has 94 valence electrons. The number of ether oxygens (including phenoxy) is 1. The van der Waals surface area contributed by atoms with E-state index in [0.29, 0.717) is 16.7 Å². The largest absolute Gasteiger partial charge is 0.489 e. The lowest BCUT2D eigenvalue weighted by Gasteiger charge is -2.10. The van der Waals surface area contributed by atoms with Crippen molar-refractivity contribution in [2.75, 3.05) is 0 Å². The molecule has 0 aliphatic rings. The summed E-state index contributed by atoms with van der Waals surface area (Å²) in [4.78, 5) is 0. The highest BCUT2D eigenvalue weighted by Crippen LogP contribution is 2.27. The molecule has 0 aliphatic heterocycles. The van der Waals surface area contributed by atoms with Gasteiger partial charge in [-0.15, -0.1) is 0 Å². The van der Waals surface area contributed by atoms with Crippen LogP contribution in [-0.2, 0) is 13.0 Å². The quantitative estimate of drug-likeness (QED) is 0.754. The molecule has 0 spiro atoms. The Morgan fingerprint density at radius 3 is 2.33 bits per heavy atom. The van der Waals surface area contributed by atoms with E-state index in [1.165, 1.54) is 11.1 Å². The van der Waals surface area contributed by atoms with Gasteiger partial charge in [-0.25, -0.2) is 0 Å². The molecule has 1 nitrogen and oxygen atoms in total. The molecule has 18 heavy (non-hydrogen) atoms. The Labute approximate surface area is 117 Å². The Bertz CT molecular complexity index is 538. The van der Waals surface area contributed by atoms with Crippen molar-refractivity contribution in [1.29, 1.82) is 0 Å². The summed E-state index contributed by atoms with van der Waals surface area (Å²) in [5.74, 6) is 0.732. The fraction of sp³-hybridized carbons (Fsp3) is 0.200. The van der Waals surface area contributed by atoms with Gasteiger partial charge in [0.25, 0.3) is 0 Å². The SMILES string of the molecule is CCc1ccccc1COc1ccc(Cl)c(Cl)c1. The number of hydrogen-bond acceptors (Lipinski definition) is 1. The van der Waals surface area contributed by atoms with E-state index in [4.69, 9.17) is 27.9 Å². The van der Waals surface area contributed by atoms with Gasteiger partial charge in [0.1, 0.15) is 12.4 Å². The van der Waals surface area contributed by atoms with Crippen molar-refractivity contribution in [3.05, 3.63) is 63.6 Å². The van der Waals surface area contributed by atoms with Crippen molar-refractivity contribution in [3.8, 4) is 5.75 Å². The molecule has 0 radical (unpaired) electrons. The summed E-state index contributed by atoms with van der Waals surface area (Å²) >= 11 is 11.8. The van der Waals surface area contributed by atoms with Crippen LogP contribution in [0.3, 0.4) is 0 Å².